The molecule has 1 aromatic carbocycles. The second-order valence-corrected chi connectivity index (χ2v) is 11.6. The standard InChI is InChI=1S/C27H25ClF2N4O4S2.CH4/c1-3-38-27(36)20-23(13-4-7-17-16(12-13)32-18(40-17)8-9-19(35)37-2)33-25(26-31-10-11-39-26)34-24(20)14-5-6-15(29)22(30)21(14)28;/h5-6,10-11,13,24H,3-4,7-9,12H2,1-2H3,(H,33,34);1H4. The van der Waals surface area contributed by atoms with Crippen molar-refractivity contribution >= 4 is 52.0 Å². The molecule has 13 heteroatoms. The van der Waals surface area contributed by atoms with Gasteiger partial charge in [-0.1, -0.05) is 25.1 Å². The minimum atomic E-state index is -1.21. The van der Waals surface area contributed by atoms with Gasteiger partial charge < -0.3 is 14.8 Å². The summed E-state index contributed by atoms with van der Waals surface area (Å²) >= 11 is 9.21. The first kappa shape index (κ1) is 30.7. The van der Waals surface area contributed by atoms with Gasteiger partial charge in [0, 0.05) is 40.1 Å². The summed E-state index contributed by atoms with van der Waals surface area (Å²) in [5, 5.41) is 6.09. The lowest BCUT2D eigenvalue weighted by molar-refractivity contribution is -0.141. The largest absolute Gasteiger partial charge is 0.469 e. The molecule has 2 aliphatic rings. The van der Waals surface area contributed by atoms with Crippen molar-refractivity contribution in [1.82, 2.24) is 15.3 Å². The number of hydrogen-bond donors (Lipinski definition) is 1. The zero-order valence-corrected chi connectivity index (χ0v) is 24.0. The number of carbonyl (C=O) groups excluding carboxylic acids is 2. The van der Waals surface area contributed by atoms with Gasteiger partial charge in [0.05, 0.1) is 41.4 Å². The molecule has 0 amide bonds. The van der Waals surface area contributed by atoms with Crippen LogP contribution in [0.3, 0.4) is 0 Å². The first-order valence-corrected chi connectivity index (χ1v) is 14.7. The number of carbonyl (C=O) groups is 2. The normalized spacial score (nSPS) is 18.1. The van der Waals surface area contributed by atoms with Crippen molar-refractivity contribution in [2.24, 2.45) is 10.9 Å². The number of aliphatic imine (C=N–C) groups is 1. The van der Waals surface area contributed by atoms with Crippen molar-refractivity contribution in [1.29, 1.82) is 0 Å². The zero-order chi connectivity index (χ0) is 28.4. The quantitative estimate of drug-likeness (QED) is 0.243. The maximum Gasteiger partial charge on any atom is 0.338 e. The van der Waals surface area contributed by atoms with Gasteiger partial charge >= 0.3 is 11.9 Å². The van der Waals surface area contributed by atoms with E-state index in [1.54, 1.807) is 29.8 Å². The van der Waals surface area contributed by atoms with Crippen LogP contribution in [-0.2, 0) is 38.3 Å². The van der Waals surface area contributed by atoms with Crippen LogP contribution in [0.2, 0.25) is 5.02 Å². The molecule has 2 aromatic heterocycles. The fraction of sp³-hybridized carbons (Fsp3) is 0.393. The molecule has 0 radical (unpaired) electrons. The van der Waals surface area contributed by atoms with Gasteiger partial charge in [0.2, 0.25) is 0 Å². The van der Waals surface area contributed by atoms with E-state index in [1.165, 1.54) is 24.5 Å². The number of halogens is 3. The molecule has 1 aliphatic carbocycles. The summed E-state index contributed by atoms with van der Waals surface area (Å²) in [5.74, 6) is -3.01. The smallest absolute Gasteiger partial charge is 0.338 e. The highest BCUT2D eigenvalue weighted by molar-refractivity contribution is 7.12. The molecule has 2 atom stereocenters. The molecule has 0 saturated heterocycles. The van der Waals surface area contributed by atoms with E-state index in [2.05, 4.69) is 10.3 Å². The molecule has 0 fully saturated rings. The van der Waals surface area contributed by atoms with Crippen molar-refractivity contribution in [3.63, 3.8) is 0 Å². The molecule has 41 heavy (non-hydrogen) atoms. The van der Waals surface area contributed by atoms with E-state index in [-0.39, 0.29) is 43.5 Å². The van der Waals surface area contributed by atoms with Crippen LogP contribution in [0.25, 0.3) is 0 Å². The van der Waals surface area contributed by atoms with Gasteiger partial charge in [-0.2, -0.15) is 0 Å². The van der Waals surface area contributed by atoms with Crippen molar-refractivity contribution in [2.45, 2.75) is 52.5 Å². The lowest BCUT2D eigenvalue weighted by Crippen LogP contribution is -2.38. The van der Waals surface area contributed by atoms with Crippen LogP contribution < -0.4 is 5.32 Å². The Morgan fingerprint density at radius 2 is 2.07 bits per heavy atom. The van der Waals surface area contributed by atoms with E-state index in [0.29, 0.717) is 35.8 Å². The summed E-state index contributed by atoms with van der Waals surface area (Å²) in [5.41, 5.74) is 1.80. The van der Waals surface area contributed by atoms with Crippen LogP contribution >= 0.6 is 34.3 Å². The number of aromatic nitrogens is 2. The van der Waals surface area contributed by atoms with Gasteiger partial charge in [0.25, 0.3) is 0 Å². The summed E-state index contributed by atoms with van der Waals surface area (Å²) in [6.45, 7) is 1.80. The zero-order valence-electron chi connectivity index (χ0n) is 21.6. The van der Waals surface area contributed by atoms with Gasteiger partial charge in [0.1, 0.15) is 6.04 Å². The maximum absolute atomic E-state index is 14.6. The molecule has 1 N–H and O–H groups in total. The average Bonchev–Trinajstić information content (AvgIpc) is 3.64. The molecular formula is C28H29ClF2N4O4S2. The first-order chi connectivity index (χ1) is 19.3. The minimum absolute atomic E-state index is 0. The Morgan fingerprint density at radius 1 is 1.27 bits per heavy atom. The molecule has 218 valence electrons. The molecule has 0 spiro atoms. The Hall–Kier alpha value is -3.22. The van der Waals surface area contributed by atoms with E-state index in [9.17, 15) is 18.4 Å². The van der Waals surface area contributed by atoms with E-state index in [4.69, 9.17) is 31.1 Å². The predicted octanol–water partition coefficient (Wildman–Crippen LogP) is 5.99. The number of aryl methyl sites for hydroxylation is 2. The third kappa shape index (κ3) is 6.34. The van der Waals surface area contributed by atoms with Crippen LogP contribution in [-0.4, -0.2) is 41.5 Å². The molecule has 8 nitrogen and oxygen atoms in total. The van der Waals surface area contributed by atoms with Gasteiger partial charge in [-0.05, 0) is 32.3 Å². The van der Waals surface area contributed by atoms with Gasteiger partial charge in [-0.3, -0.25) is 9.79 Å². The number of esters is 2. The number of rotatable bonds is 8. The van der Waals surface area contributed by atoms with Crippen molar-refractivity contribution in [3.8, 4) is 0 Å². The highest BCUT2D eigenvalue weighted by atomic mass is 35.5. The minimum Gasteiger partial charge on any atom is -0.469 e. The van der Waals surface area contributed by atoms with Gasteiger partial charge in [-0.15, -0.1) is 22.7 Å². The molecule has 1 aliphatic heterocycles. The summed E-state index contributed by atoms with van der Waals surface area (Å²) < 4.78 is 38.7. The fourth-order valence-electron chi connectivity index (χ4n) is 4.84. The summed E-state index contributed by atoms with van der Waals surface area (Å²) in [6.07, 6.45) is 4.31. The topological polar surface area (TPSA) is 103 Å². The maximum atomic E-state index is 14.6. The number of ether oxygens (including phenoxy) is 2. The van der Waals surface area contributed by atoms with Crippen molar-refractivity contribution in [2.75, 3.05) is 13.7 Å². The average molecular weight is 623 g/mol. The fourth-order valence-corrected chi connectivity index (χ4v) is 6.80. The molecule has 0 saturated carbocycles. The van der Waals surface area contributed by atoms with Gasteiger partial charge in [-0.25, -0.2) is 23.5 Å². The van der Waals surface area contributed by atoms with E-state index >= 15 is 0 Å². The number of amidine groups is 1. The van der Waals surface area contributed by atoms with Crippen molar-refractivity contribution in [3.05, 3.63) is 77.8 Å². The summed E-state index contributed by atoms with van der Waals surface area (Å²) in [6, 6.07) is 1.26. The van der Waals surface area contributed by atoms with Crippen LogP contribution in [0.15, 0.2) is 40.0 Å². The molecule has 5 rings (SSSR count). The number of methoxy groups -OCH3 is 1. The Bertz CT molecular complexity index is 1510. The van der Waals surface area contributed by atoms with Crippen LogP contribution in [0.1, 0.15) is 59.4 Å². The van der Waals surface area contributed by atoms with E-state index in [1.807, 2.05) is 0 Å². The third-order valence-corrected chi connectivity index (χ3v) is 9.11. The van der Waals surface area contributed by atoms with Crippen molar-refractivity contribution < 1.29 is 27.8 Å². The first-order valence-electron chi connectivity index (χ1n) is 12.6. The molecular weight excluding hydrogens is 594 g/mol. The number of fused-ring (bicyclic) bond motifs is 1. The van der Waals surface area contributed by atoms with Crippen LogP contribution in [0.5, 0.6) is 0 Å². The number of nitrogens with zero attached hydrogens (tertiary/aromatic N) is 3. The Labute approximate surface area is 249 Å². The molecule has 3 heterocycles. The van der Waals surface area contributed by atoms with Gasteiger partial charge in [0.15, 0.2) is 22.5 Å². The number of allylic oxidation sites excluding steroid dienone is 1. The Balaban J connectivity index is 0.00000387. The molecule has 3 aromatic rings. The second-order valence-electron chi connectivity index (χ2n) is 9.15. The Morgan fingerprint density at radius 3 is 2.78 bits per heavy atom. The monoisotopic (exact) mass is 622 g/mol. The molecule has 2 unspecified atom stereocenters. The number of hydrogen-bond acceptors (Lipinski definition) is 10. The van der Waals surface area contributed by atoms with Crippen LogP contribution in [0, 0.1) is 17.6 Å². The Kier molecular flexibility index (Phi) is 9.88. The number of benzene rings is 1. The van der Waals surface area contributed by atoms with Crippen LogP contribution in [0.4, 0.5) is 8.78 Å². The summed E-state index contributed by atoms with van der Waals surface area (Å²) in [4.78, 5) is 40.1. The van der Waals surface area contributed by atoms with E-state index in [0.717, 1.165) is 28.1 Å². The molecule has 0 bridgehead atoms. The third-order valence-electron chi connectivity index (χ3n) is 6.73. The number of nitrogens with one attached hydrogen (secondary N) is 1. The summed E-state index contributed by atoms with van der Waals surface area (Å²) in [7, 11) is 1.36. The SMILES string of the molecule is C.CCOC(=O)C1=C(C2CCc3sc(CCC(=O)OC)nc3C2)NC(c2nccs2)=NC1c1ccc(F)c(F)c1Cl. The highest BCUT2D eigenvalue weighted by Gasteiger charge is 2.38. The highest BCUT2D eigenvalue weighted by Crippen LogP contribution is 2.42. The lowest BCUT2D eigenvalue weighted by Gasteiger charge is -2.33. The predicted molar refractivity (Wildman–Crippen MR) is 154 cm³/mol. The van der Waals surface area contributed by atoms with E-state index < -0.39 is 28.7 Å². The number of thiazole rings is 2. The second kappa shape index (κ2) is 13.2. The lowest BCUT2D eigenvalue weighted by atomic mass is 9.83.